The zero-order valence-corrected chi connectivity index (χ0v) is 18.0. The number of methoxy groups -OCH3 is 1. The van der Waals surface area contributed by atoms with Crippen LogP contribution in [0.15, 0.2) is 48.5 Å². The average Bonchev–Trinajstić information content (AvgIpc) is 3.06. The fourth-order valence-electron chi connectivity index (χ4n) is 3.18. The highest BCUT2D eigenvalue weighted by atomic mass is 35.5. The summed E-state index contributed by atoms with van der Waals surface area (Å²) in [4.78, 5) is 40.3. The predicted octanol–water partition coefficient (Wildman–Crippen LogP) is 4.59. The lowest BCUT2D eigenvalue weighted by molar-refractivity contribution is 0.0599. The first kappa shape index (κ1) is 22.1. The number of esters is 1. The SMILES string of the molecule is COC(=O)c1c(C)[nH]c(C(=O)COc2ccc(Cl)cc2C(=O)Nc2ccccc2)c1C. The smallest absolute Gasteiger partial charge is 0.339 e. The van der Waals surface area contributed by atoms with Crippen molar-refractivity contribution in [1.29, 1.82) is 0 Å². The Bertz CT molecular complexity index is 1140. The number of hydrogen-bond acceptors (Lipinski definition) is 5. The first-order chi connectivity index (χ1) is 14.8. The second-order valence-corrected chi connectivity index (χ2v) is 7.23. The summed E-state index contributed by atoms with van der Waals surface area (Å²) in [6, 6.07) is 13.5. The Balaban J connectivity index is 1.79. The van der Waals surface area contributed by atoms with Gasteiger partial charge in [0.05, 0.1) is 23.9 Å². The van der Waals surface area contributed by atoms with Gasteiger partial charge >= 0.3 is 5.97 Å². The van der Waals surface area contributed by atoms with E-state index in [0.29, 0.717) is 27.5 Å². The molecule has 0 aliphatic rings. The molecule has 0 unspecified atom stereocenters. The molecule has 0 bridgehead atoms. The Hall–Kier alpha value is -3.58. The zero-order valence-electron chi connectivity index (χ0n) is 17.2. The summed E-state index contributed by atoms with van der Waals surface area (Å²) in [6.45, 7) is 3.00. The number of benzene rings is 2. The minimum atomic E-state index is -0.524. The molecule has 0 radical (unpaired) electrons. The lowest BCUT2D eigenvalue weighted by atomic mass is 10.1. The van der Waals surface area contributed by atoms with E-state index >= 15 is 0 Å². The van der Waals surface area contributed by atoms with Gasteiger partial charge in [0.2, 0.25) is 5.78 Å². The van der Waals surface area contributed by atoms with Crippen LogP contribution < -0.4 is 10.1 Å². The Kier molecular flexibility index (Phi) is 6.77. The molecule has 0 saturated heterocycles. The van der Waals surface area contributed by atoms with Gasteiger partial charge < -0.3 is 19.8 Å². The lowest BCUT2D eigenvalue weighted by Gasteiger charge is -2.12. The number of aromatic amines is 1. The van der Waals surface area contributed by atoms with E-state index in [4.69, 9.17) is 21.1 Å². The van der Waals surface area contributed by atoms with Gasteiger partial charge in [-0.1, -0.05) is 29.8 Å². The summed E-state index contributed by atoms with van der Waals surface area (Å²) in [5, 5.41) is 3.12. The molecule has 1 heterocycles. The zero-order chi connectivity index (χ0) is 22.5. The number of carbonyl (C=O) groups excluding carboxylic acids is 3. The van der Waals surface area contributed by atoms with Crippen LogP contribution in [0.4, 0.5) is 5.69 Å². The van der Waals surface area contributed by atoms with E-state index in [9.17, 15) is 14.4 Å². The Morgan fingerprint density at radius 1 is 1.06 bits per heavy atom. The fraction of sp³-hybridized carbons (Fsp3) is 0.174. The summed E-state index contributed by atoms with van der Waals surface area (Å²) < 4.78 is 10.4. The van der Waals surface area contributed by atoms with Crippen molar-refractivity contribution in [3.05, 3.63) is 81.6 Å². The summed E-state index contributed by atoms with van der Waals surface area (Å²) >= 11 is 6.06. The molecule has 7 nitrogen and oxygen atoms in total. The van der Waals surface area contributed by atoms with E-state index in [1.54, 1.807) is 44.2 Å². The Labute approximate surface area is 184 Å². The quantitative estimate of drug-likeness (QED) is 0.414. The van der Waals surface area contributed by atoms with Gasteiger partial charge in [0, 0.05) is 16.4 Å². The number of nitrogens with one attached hydrogen (secondary N) is 2. The Morgan fingerprint density at radius 3 is 2.45 bits per heavy atom. The maximum absolute atomic E-state index is 12.7. The minimum Gasteiger partial charge on any atom is -0.485 e. The molecule has 0 aliphatic carbocycles. The van der Waals surface area contributed by atoms with Crippen LogP contribution in [0.25, 0.3) is 0 Å². The molecular weight excluding hydrogens is 420 g/mol. The molecule has 8 heteroatoms. The minimum absolute atomic E-state index is 0.193. The van der Waals surface area contributed by atoms with Crippen molar-refractivity contribution in [3.63, 3.8) is 0 Å². The number of aromatic nitrogens is 1. The second kappa shape index (κ2) is 9.49. The van der Waals surface area contributed by atoms with Gasteiger partial charge in [-0.15, -0.1) is 0 Å². The molecule has 2 aromatic carbocycles. The molecule has 1 aromatic heterocycles. The number of anilines is 1. The molecule has 0 saturated carbocycles. The molecule has 3 rings (SSSR count). The molecule has 31 heavy (non-hydrogen) atoms. The average molecular weight is 441 g/mol. The molecule has 160 valence electrons. The van der Waals surface area contributed by atoms with Crippen LogP contribution in [0.2, 0.25) is 5.02 Å². The van der Waals surface area contributed by atoms with Crippen molar-refractivity contribution >= 4 is 34.9 Å². The molecule has 0 aliphatic heterocycles. The summed E-state index contributed by atoms with van der Waals surface area (Å²) in [5.41, 5.74) is 2.39. The maximum atomic E-state index is 12.7. The highest BCUT2D eigenvalue weighted by molar-refractivity contribution is 6.31. The van der Waals surface area contributed by atoms with Gasteiger partial charge in [0.1, 0.15) is 5.75 Å². The van der Waals surface area contributed by atoms with Crippen molar-refractivity contribution in [2.75, 3.05) is 19.0 Å². The van der Waals surface area contributed by atoms with Crippen LogP contribution in [-0.2, 0) is 4.74 Å². The third-order valence-corrected chi connectivity index (χ3v) is 4.92. The van der Waals surface area contributed by atoms with E-state index in [2.05, 4.69) is 10.3 Å². The largest absolute Gasteiger partial charge is 0.485 e. The molecule has 0 fully saturated rings. The number of ether oxygens (including phenoxy) is 2. The van der Waals surface area contributed by atoms with Gasteiger partial charge in [0.15, 0.2) is 6.61 Å². The molecule has 2 N–H and O–H groups in total. The number of H-pyrrole nitrogens is 1. The summed E-state index contributed by atoms with van der Waals surface area (Å²) in [7, 11) is 1.28. The van der Waals surface area contributed by atoms with Crippen molar-refractivity contribution in [3.8, 4) is 5.75 Å². The summed E-state index contributed by atoms with van der Waals surface area (Å²) in [5.74, 6) is -1.11. The number of para-hydroxylation sites is 1. The van der Waals surface area contributed by atoms with E-state index < -0.39 is 11.9 Å². The first-order valence-corrected chi connectivity index (χ1v) is 9.79. The van der Waals surface area contributed by atoms with Gasteiger partial charge in [-0.25, -0.2) is 4.79 Å². The second-order valence-electron chi connectivity index (χ2n) is 6.79. The van der Waals surface area contributed by atoms with Gasteiger partial charge in [-0.3, -0.25) is 9.59 Å². The highest BCUT2D eigenvalue weighted by Crippen LogP contribution is 2.25. The van der Waals surface area contributed by atoms with Crippen LogP contribution in [0.3, 0.4) is 0 Å². The number of Topliss-reactive ketones (excluding diaryl/α,β-unsaturated/α-hetero) is 1. The molecule has 3 aromatic rings. The van der Waals surface area contributed by atoms with E-state index in [0.717, 1.165) is 0 Å². The molecule has 0 atom stereocenters. The van der Waals surface area contributed by atoms with Crippen molar-refractivity contribution in [2.45, 2.75) is 13.8 Å². The Morgan fingerprint density at radius 2 is 1.77 bits per heavy atom. The van der Waals surface area contributed by atoms with Gasteiger partial charge in [-0.05, 0) is 49.7 Å². The first-order valence-electron chi connectivity index (χ1n) is 9.41. The van der Waals surface area contributed by atoms with Crippen LogP contribution in [0, 0.1) is 13.8 Å². The number of aryl methyl sites for hydroxylation is 1. The number of halogens is 1. The number of amides is 1. The topological polar surface area (TPSA) is 97.5 Å². The van der Waals surface area contributed by atoms with Crippen molar-refractivity contribution in [2.24, 2.45) is 0 Å². The van der Waals surface area contributed by atoms with E-state index in [-0.39, 0.29) is 29.4 Å². The number of hydrogen-bond donors (Lipinski definition) is 2. The van der Waals surface area contributed by atoms with E-state index in [1.165, 1.54) is 19.2 Å². The van der Waals surface area contributed by atoms with Crippen LogP contribution in [0.1, 0.15) is 42.5 Å². The number of carbonyl (C=O) groups is 3. The third-order valence-electron chi connectivity index (χ3n) is 4.68. The fourth-order valence-corrected chi connectivity index (χ4v) is 3.35. The molecule has 1 amide bonds. The number of rotatable bonds is 7. The van der Waals surface area contributed by atoms with E-state index in [1.807, 2.05) is 6.07 Å². The number of ketones is 1. The van der Waals surface area contributed by atoms with Gasteiger partial charge in [0.25, 0.3) is 5.91 Å². The van der Waals surface area contributed by atoms with Gasteiger partial charge in [-0.2, -0.15) is 0 Å². The molecule has 0 spiro atoms. The normalized spacial score (nSPS) is 10.5. The van der Waals surface area contributed by atoms with Crippen molar-refractivity contribution < 1.29 is 23.9 Å². The summed E-state index contributed by atoms with van der Waals surface area (Å²) in [6.07, 6.45) is 0. The maximum Gasteiger partial charge on any atom is 0.339 e. The van der Waals surface area contributed by atoms with Crippen LogP contribution in [0.5, 0.6) is 5.75 Å². The molecular formula is C23H21ClN2O5. The predicted molar refractivity (Wildman–Crippen MR) is 117 cm³/mol. The van der Waals surface area contributed by atoms with Crippen LogP contribution in [-0.4, -0.2) is 36.4 Å². The lowest BCUT2D eigenvalue weighted by Crippen LogP contribution is -2.17. The highest BCUT2D eigenvalue weighted by Gasteiger charge is 2.23. The van der Waals surface area contributed by atoms with Crippen LogP contribution >= 0.6 is 11.6 Å². The standard InChI is InChI=1S/C23H21ClN2O5/c1-13-20(23(29)30-3)14(2)25-21(13)18(27)12-31-19-10-9-15(24)11-17(19)22(28)26-16-7-5-4-6-8-16/h4-11,25H,12H2,1-3H3,(H,26,28). The monoisotopic (exact) mass is 440 g/mol. The van der Waals surface area contributed by atoms with Crippen molar-refractivity contribution in [1.82, 2.24) is 4.98 Å². The third kappa shape index (κ3) is 4.95.